The summed E-state index contributed by atoms with van der Waals surface area (Å²) in [5, 5.41) is 6.19. The molecule has 1 aliphatic carbocycles. The molecule has 1 amide bonds. The average Bonchev–Trinajstić information content (AvgIpc) is 3.46. The van der Waals surface area contributed by atoms with Gasteiger partial charge in [0.05, 0.1) is 30.7 Å². The average molecular weight is 526 g/mol. The van der Waals surface area contributed by atoms with E-state index in [-0.39, 0.29) is 24.9 Å². The number of anilines is 1. The lowest BCUT2D eigenvalue weighted by atomic mass is 9.90. The van der Waals surface area contributed by atoms with Crippen molar-refractivity contribution in [3.05, 3.63) is 83.6 Å². The Hall–Kier alpha value is -3.88. The number of benzene rings is 2. The Morgan fingerprint density at radius 3 is 2.16 bits per heavy atom. The van der Waals surface area contributed by atoms with E-state index in [4.69, 9.17) is 0 Å². The van der Waals surface area contributed by atoms with E-state index < -0.39 is 17.7 Å². The molecule has 4 rings (SSSR count). The first kappa shape index (κ1) is 27.2. The highest BCUT2D eigenvalue weighted by molar-refractivity contribution is 5.94. The first-order valence-corrected chi connectivity index (χ1v) is 12.6. The Bertz CT molecular complexity index is 1220. The molecule has 0 aliphatic heterocycles. The van der Waals surface area contributed by atoms with Crippen molar-refractivity contribution in [1.82, 2.24) is 10.3 Å². The van der Waals surface area contributed by atoms with Crippen LogP contribution in [0.4, 0.5) is 19.0 Å². The Kier molecular flexibility index (Phi) is 8.66. The number of esters is 1. The predicted octanol–water partition coefficient (Wildman–Crippen LogP) is 6.40. The number of hydrogen-bond acceptors (Lipinski definition) is 5. The minimum absolute atomic E-state index is 0.00591. The fourth-order valence-electron chi connectivity index (χ4n) is 4.75. The van der Waals surface area contributed by atoms with Crippen LogP contribution in [0, 0.1) is 5.92 Å². The molecule has 1 atom stereocenters. The summed E-state index contributed by atoms with van der Waals surface area (Å²) >= 11 is 0. The molecule has 0 bridgehead atoms. The molecule has 1 saturated carbocycles. The summed E-state index contributed by atoms with van der Waals surface area (Å²) in [5.41, 5.74) is 2.35. The normalized spacial score (nSPS) is 14.6. The Morgan fingerprint density at radius 2 is 1.61 bits per heavy atom. The molecule has 1 unspecified atom stereocenters. The fraction of sp³-hybridized carbons (Fsp3) is 0.345. The van der Waals surface area contributed by atoms with Gasteiger partial charge in [-0.3, -0.25) is 9.59 Å². The molecule has 6 nitrogen and oxygen atoms in total. The number of nitrogens with one attached hydrogen (secondary N) is 2. The third-order valence-electron chi connectivity index (χ3n) is 6.86. The standard InChI is InChI=1S/C29H30F3N3O3/c1-38-26(36)16-17-33-28(37)23-12-15-25(34-18-23)35-27(21-4-2-3-5-21)22-8-6-19(7-9-22)20-10-13-24(14-11-20)29(30,31)32/h6-15,18,21,27H,2-5,16-17H2,1H3,(H,33,37)(H,34,35). The molecular weight excluding hydrogens is 495 g/mol. The van der Waals surface area contributed by atoms with Crippen LogP contribution in [-0.4, -0.2) is 30.5 Å². The first-order valence-electron chi connectivity index (χ1n) is 12.6. The van der Waals surface area contributed by atoms with Gasteiger partial charge in [0, 0.05) is 12.7 Å². The monoisotopic (exact) mass is 525 g/mol. The second-order valence-electron chi connectivity index (χ2n) is 9.38. The quantitative estimate of drug-likeness (QED) is 0.316. The number of rotatable bonds is 9. The SMILES string of the molecule is COC(=O)CCNC(=O)c1ccc(NC(c2ccc(-c3ccc(C(F)(F)F)cc3)cc2)C2CCCC2)nc1. The summed E-state index contributed by atoms with van der Waals surface area (Å²) in [4.78, 5) is 28.0. The number of aromatic nitrogens is 1. The molecule has 0 spiro atoms. The van der Waals surface area contributed by atoms with Gasteiger partial charge < -0.3 is 15.4 Å². The zero-order valence-corrected chi connectivity index (χ0v) is 21.1. The molecule has 9 heteroatoms. The largest absolute Gasteiger partial charge is 0.469 e. The number of carbonyl (C=O) groups is 2. The fourth-order valence-corrected chi connectivity index (χ4v) is 4.75. The van der Waals surface area contributed by atoms with Gasteiger partial charge in [-0.1, -0.05) is 49.2 Å². The zero-order valence-electron chi connectivity index (χ0n) is 21.1. The van der Waals surface area contributed by atoms with Gasteiger partial charge >= 0.3 is 12.1 Å². The Morgan fingerprint density at radius 1 is 0.974 bits per heavy atom. The molecule has 2 N–H and O–H groups in total. The molecule has 0 saturated heterocycles. The van der Waals surface area contributed by atoms with Crippen LogP contribution in [0.15, 0.2) is 66.9 Å². The summed E-state index contributed by atoms with van der Waals surface area (Å²) in [6.07, 6.45) is 1.71. The molecule has 200 valence electrons. The minimum Gasteiger partial charge on any atom is -0.469 e. The van der Waals surface area contributed by atoms with E-state index in [9.17, 15) is 22.8 Å². The van der Waals surface area contributed by atoms with Crippen LogP contribution in [0.3, 0.4) is 0 Å². The van der Waals surface area contributed by atoms with Crippen LogP contribution in [0.25, 0.3) is 11.1 Å². The summed E-state index contributed by atoms with van der Waals surface area (Å²) in [6, 6.07) is 16.5. The van der Waals surface area contributed by atoms with E-state index in [1.165, 1.54) is 25.4 Å². The smallest absolute Gasteiger partial charge is 0.416 e. The third kappa shape index (κ3) is 6.90. The lowest BCUT2D eigenvalue weighted by molar-refractivity contribution is -0.140. The van der Waals surface area contributed by atoms with Crippen molar-refractivity contribution in [3.8, 4) is 11.1 Å². The highest BCUT2D eigenvalue weighted by Crippen LogP contribution is 2.38. The lowest BCUT2D eigenvalue weighted by Gasteiger charge is -2.26. The third-order valence-corrected chi connectivity index (χ3v) is 6.86. The predicted molar refractivity (Wildman–Crippen MR) is 138 cm³/mol. The number of ether oxygens (including phenoxy) is 1. The first-order chi connectivity index (χ1) is 18.2. The summed E-state index contributed by atoms with van der Waals surface area (Å²) in [6.45, 7) is 0.178. The van der Waals surface area contributed by atoms with Crippen LogP contribution < -0.4 is 10.6 Å². The maximum atomic E-state index is 12.9. The van der Waals surface area contributed by atoms with Crippen LogP contribution in [-0.2, 0) is 15.7 Å². The van der Waals surface area contributed by atoms with Crippen LogP contribution in [0.1, 0.15) is 59.6 Å². The zero-order chi connectivity index (χ0) is 27.1. The van der Waals surface area contributed by atoms with Gasteiger partial charge in [0.1, 0.15) is 5.82 Å². The summed E-state index contributed by atoms with van der Waals surface area (Å²) < 4.78 is 43.2. The molecule has 1 aliphatic rings. The number of nitrogens with zero attached hydrogens (tertiary/aromatic N) is 1. The molecule has 3 aromatic rings. The van der Waals surface area contributed by atoms with E-state index in [1.807, 2.05) is 24.3 Å². The summed E-state index contributed by atoms with van der Waals surface area (Å²) in [7, 11) is 1.30. The minimum atomic E-state index is -4.36. The van der Waals surface area contributed by atoms with Crippen molar-refractivity contribution in [2.24, 2.45) is 5.92 Å². The van der Waals surface area contributed by atoms with Crippen molar-refractivity contribution >= 4 is 17.7 Å². The Labute approximate surface area is 219 Å². The highest BCUT2D eigenvalue weighted by Gasteiger charge is 2.30. The van der Waals surface area contributed by atoms with Crippen LogP contribution >= 0.6 is 0 Å². The number of carbonyl (C=O) groups excluding carboxylic acids is 2. The Balaban J connectivity index is 1.45. The van der Waals surface area contributed by atoms with Crippen molar-refractivity contribution in [2.45, 2.75) is 44.3 Å². The molecule has 38 heavy (non-hydrogen) atoms. The molecule has 2 aromatic carbocycles. The van der Waals surface area contributed by atoms with Gasteiger partial charge in [0.25, 0.3) is 5.91 Å². The van der Waals surface area contributed by atoms with E-state index in [0.717, 1.165) is 54.5 Å². The highest BCUT2D eigenvalue weighted by atomic mass is 19.4. The maximum Gasteiger partial charge on any atom is 0.416 e. The number of pyridine rings is 1. The van der Waals surface area contributed by atoms with Gasteiger partial charge in [0.2, 0.25) is 0 Å². The number of alkyl halides is 3. The molecular formula is C29H30F3N3O3. The van der Waals surface area contributed by atoms with Gasteiger partial charge in [-0.15, -0.1) is 0 Å². The van der Waals surface area contributed by atoms with E-state index in [2.05, 4.69) is 20.4 Å². The van der Waals surface area contributed by atoms with E-state index >= 15 is 0 Å². The van der Waals surface area contributed by atoms with Gasteiger partial charge in [-0.2, -0.15) is 13.2 Å². The molecule has 1 heterocycles. The van der Waals surface area contributed by atoms with Crippen molar-refractivity contribution in [3.63, 3.8) is 0 Å². The van der Waals surface area contributed by atoms with Gasteiger partial charge in [0.15, 0.2) is 0 Å². The van der Waals surface area contributed by atoms with Crippen molar-refractivity contribution < 1.29 is 27.5 Å². The van der Waals surface area contributed by atoms with Gasteiger partial charge in [-0.05, 0) is 59.7 Å². The second-order valence-corrected chi connectivity index (χ2v) is 9.38. The summed E-state index contributed by atoms with van der Waals surface area (Å²) in [5.74, 6) is 0.335. The second kappa shape index (κ2) is 12.1. The molecule has 1 fully saturated rings. The number of halogens is 3. The number of amides is 1. The van der Waals surface area contributed by atoms with Gasteiger partial charge in [-0.25, -0.2) is 4.98 Å². The maximum absolute atomic E-state index is 12.9. The van der Waals surface area contributed by atoms with Crippen LogP contribution in [0.5, 0.6) is 0 Å². The van der Waals surface area contributed by atoms with Crippen LogP contribution in [0.2, 0.25) is 0 Å². The van der Waals surface area contributed by atoms with Crippen molar-refractivity contribution in [2.75, 3.05) is 19.0 Å². The topological polar surface area (TPSA) is 80.3 Å². The van der Waals surface area contributed by atoms with E-state index in [1.54, 1.807) is 12.1 Å². The number of hydrogen-bond donors (Lipinski definition) is 2. The molecule has 0 radical (unpaired) electrons. The van der Waals surface area contributed by atoms with Crippen molar-refractivity contribution in [1.29, 1.82) is 0 Å². The number of methoxy groups -OCH3 is 1. The molecule has 1 aromatic heterocycles. The van der Waals surface area contributed by atoms with E-state index in [0.29, 0.717) is 17.3 Å². The lowest BCUT2D eigenvalue weighted by Crippen LogP contribution is -2.26.